The van der Waals surface area contributed by atoms with E-state index in [2.05, 4.69) is 10.5 Å². The van der Waals surface area contributed by atoms with Gasteiger partial charge in [-0.05, 0) is 65.8 Å². The quantitative estimate of drug-likeness (QED) is 0.599. The Bertz CT molecular complexity index is 715. The van der Waals surface area contributed by atoms with Crippen molar-refractivity contribution in [3.63, 3.8) is 0 Å². The molecule has 0 aromatic heterocycles. The molecular formula is C17H18B2F2N2O2. The van der Waals surface area contributed by atoms with E-state index in [-0.39, 0.29) is 25.7 Å². The Morgan fingerprint density at radius 2 is 1.28 bits per heavy atom. The van der Waals surface area contributed by atoms with Crippen molar-refractivity contribution in [3.05, 3.63) is 59.2 Å². The van der Waals surface area contributed by atoms with Gasteiger partial charge in [0.15, 0.2) is 0 Å². The fourth-order valence-corrected chi connectivity index (χ4v) is 3.33. The van der Waals surface area contributed by atoms with E-state index in [0.29, 0.717) is 13.2 Å². The molecule has 0 bridgehead atoms. The summed E-state index contributed by atoms with van der Waals surface area (Å²) in [5, 5.41) is 6.67. The molecule has 2 heterocycles. The van der Waals surface area contributed by atoms with Crippen LogP contribution in [0.2, 0.25) is 0 Å². The number of hydrogen-bond acceptors (Lipinski definition) is 4. The lowest BCUT2D eigenvalue weighted by molar-refractivity contribution is 0.320. The van der Waals surface area contributed by atoms with E-state index in [1.807, 2.05) is 0 Å². The monoisotopic (exact) mass is 342 g/mol. The Morgan fingerprint density at radius 1 is 0.800 bits per heavy atom. The number of hydrogen-bond donors (Lipinski definition) is 2. The summed E-state index contributed by atoms with van der Waals surface area (Å²) in [6, 6.07) is 9.52. The topological polar surface area (TPSA) is 42.5 Å². The van der Waals surface area contributed by atoms with Gasteiger partial charge in [0.1, 0.15) is 11.6 Å². The molecule has 0 unspecified atom stereocenters. The molecule has 0 amide bonds. The first-order valence-corrected chi connectivity index (χ1v) is 8.47. The van der Waals surface area contributed by atoms with Gasteiger partial charge in [0.05, 0.1) is 13.2 Å². The van der Waals surface area contributed by atoms with E-state index in [9.17, 15) is 8.78 Å². The van der Waals surface area contributed by atoms with Crippen LogP contribution in [-0.4, -0.2) is 27.2 Å². The van der Waals surface area contributed by atoms with Crippen molar-refractivity contribution < 1.29 is 18.1 Å². The molecule has 4 nitrogen and oxygen atoms in total. The molecule has 0 fully saturated rings. The van der Waals surface area contributed by atoms with E-state index in [4.69, 9.17) is 9.31 Å². The summed E-state index contributed by atoms with van der Waals surface area (Å²) in [6.45, 7) is 2.40. The summed E-state index contributed by atoms with van der Waals surface area (Å²) in [5.74, 6) is -0.465. The predicted molar refractivity (Wildman–Crippen MR) is 93.8 cm³/mol. The van der Waals surface area contributed by atoms with E-state index in [1.54, 1.807) is 12.1 Å². The van der Waals surface area contributed by atoms with Crippen molar-refractivity contribution in [2.45, 2.75) is 19.6 Å². The van der Waals surface area contributed by atoms with Gasteiger partial charge in [-0.15, -0.1) is 0 Å². The van der Waals surface area contributed by atoms with Crippen molar-refractivity contribution in [2.24, 2.45) is 0 Å². The van der Waals surface area contributed by atoms with Gasteiger partial charge in [-0.2, -0.15) is 0 Å². The standard InChI is InChI=1S/C17H18B2F2N2O2/c20-14-2-4-16-12(8-14)10-24-18(16)22-6-1-7-23-19-17-5-3-15(21)9-13(17)11-25-19/h2-5,8-9,22-23H,1,6-7,10-11H2. The molecule has 2 aliphatic heterocycles. The molecule has 0 saturated carbocycles. The van der Waals surface area contributed by atoms with Crippen molar-refractivity contribution in [2.75, 3.05) is 13.1 Å². The van der Waals surface area contributed by atoms with Crippen LogP contribution >= 0.6 is 0 Å². The molecule has 0 spiro atoms. The van der Waals surface area contributed by atoms with Crippen LogP contribution in [0.15, 0.2) is 36.4 Å². The van der Waals surface area contributed by atoms with E-state index < -0.39 is 0 Å². The van der Waals surface area contributed by atoms with Gasteiger partial charge >= 0.3 is 14.1 Å². The summed E-state index contributed by atoms with van der Waals surface area (Å²) >= 11 is 0. The second kappa shape index (κ2) is 7.25. The highest BCUT2D eigenvalue weighted by Crippen LogP contribution is 2.12. The number of nitrogens with one attached hydrogen (secondary N) is 2. The summed E-state index contributed by atoms with van der Waals surface area (Å²) in [4.78, 5) is 0. The third-order valence-corrected chi connectivity index (χ3v) is 4.60. The van der Waals surface area contributed by atoms with E-state index in [1.165, 1.54) is 24.3 Å². The van der Waals surface area contributed by atoms with Crippen LogP contribution in [0.3, 0.4) is 0 Å². The van der Waals surface area contributed by atoms with Gasteiger partial charge in [0.25, 0.3) is 0 Å². The largest absolute Gasteiger partial charge is 0.416 e. The van der Waals surface area contributed by atoms with Crippen molar-refractivity contribution in [3.8, 4) is 0 Å². The predicted octanol–water partition coefficient (Wildman–Crippen LogP) is 0.685. The van der Waals surface area contributed by atoms with Gasteiger partial charge in [-0.1, -0.05) is 12.1 Å². The smallest absolute Gasteiger partial charge is 0.413 e. The second-order valence-corrected chi connectivity index (χ2v) is 6.33. The maximum Gasteiger partial charge on any atom is 0.416 e. The number of rotatable bonds is 6. The van der Waals surface area contributed by atoms with Crippen molar-refractivity contribution in [1.82, 2.24) is 10.5 Å². The molecule has 128 valence electrons. The lowest BCUT2D eigenvalue weighted by Crippen LogP contribution is -2.47. The number of benzene rings is 2. The van der Waals surface area contributed by atoms with Crippen LogP contribution in [-0.2, 0) is 22.5 Å². The Hall–Kier alpha value is -1.73. The molecule has 2 N–H and O–H groups in total. The normalized spacial score (nSPS) is 15.6. The van der Waals surface area contributed by atoms with Gasteiger partial charge in [0, 0.05) is 0 Å². The summed E-state index contributed by atoms with van der Waals surface area (Å²) in [7, 11) is -0.357. The first kappa shape index (κ1) is 16.7. The van der Waals surface area contributed by atoms with Gasteiger partial charge in [-0.25, -0.2) is 8.78 Å². The van der Waals surface area contributed by atoms with E-state index >= 15 is 0 Å². The van der Waals surface area contributed by atoms with Crippen molar-refractivity contribution >= 4 is 25.0 Å². The molecule has 0 saturated heterocycles. The number of halogens is 2. The highest BCUT2D eigenvalue weighted by molar-refractivity contribution is 6.66. The summed E-state index contributed by atoms with van der Waals surface area (Å²) in [5.41, 5.74) is 3.81. The lowest BCUT2D eigenvalue weighted by atomic mass is 9.73. The van der Waals surface area contributed by atoms with Crippen LogP contribution in [0.1, 0.15) is 17.5 Å². The zero-order valence-electron chi connectivity index (χ0n) is 13.7. The van der Waals surface area contributed by atoms with Gasteiger partial charge < -0.3 is 19.8 Å². The Kier molecular flexibility index (Phi) is 4.85. The molecule has 8 heteroatoms. The fourth-order valence-electron chi connectivity index (χ4n) is 3.33. The molecule has 0 aliphatic carbocycles. The highest BCUT2D eigenvalue weighted by atomic mass is 19.1. The minimum Gasteiger partial charge on any atom is -0.413 e. The SMILES string of the molecule is Fc1ccc2c(c1)COB2NCCCNB1OCc2cc(F)ccc21. The highest BCUT2D eigenvalue weighted by Gasteiger charge is 2.30. The molecule has 2 aliphatic rings. The third-order valence-electron chi connectivity index (χ3n) is 4.60. The maximum atomic E-state index is 13.2. The van der Waals surface area contributed by atoms with Crippen LogP contribution in [0.4, 0.5) is 8.78 Å². The third kappa shape index (κ3) is 3.62. The minimum absolute atomic E-state index is 0.179. The van der Waals surface area contributed by atoms with Gasteiger partial charge in [0.2, 0.25) is 0 Å². The molecule has 0 atom stereocenters. The Morgan fingerprint density at radius 3 is 1.76 bits per heavy atom. The summed E-state index contributed by atoms with van der Waals surface area (Å²) < 4.78 is 37.7. The Balaban J connectivity index is 1.22. The van der Waals surface area contributed by atoms with Crippen LogP contribution < -0.4 is 21.4 Å². The van der Waals surface area contributed by atoms with Gasteiger partial charge in [-0.3, -0.25) is 0 Å². The average molecular weight is 342 g/mol. The van der Waals surface area contributed by atoms with Crippen LogP contribution in [0.25, 0.3) is 0 Å². The van der Waals surface area contributed by atoms with Crippen LogP contribution in [0, 0.1) is 11.6 Å². The van der Waals surface area contributed by atoms with Crippen LogP contribution in [0.5, 0.6) is 0 Å². The van der Waals surface area contributed by atoms with Crippen molar-refractivity contribution in [1.29, 1.82) is 0 Å². The molecule has 0 radical (unpaired) electrons. The maximum absolute atomic E-state index is 13.2. The molecule has 4 rings (SSSR count). The first-order chi connectivity index (χ1) is 12.2. The Labute approximate surface area is 146 Å². The number of fused-ring (bicyclic) bond motifs is 2. The molecule has 2 aromatic rings. The zero-order valence-corrected chi connectivity index (χ0v) is 13.7. The summed E-state index contributed by atoms with van der Waals surface area (Å²) in [6.07, 6.45) is 0.882. The molecular weight excluding hydrogens is 324 g/mol. The lowest BCUT2D eigenvalue weighted by Gasteiger charge is -2.11. The zero-order chi connectivity index (χ0) is 17.2. The minimum atomic E-state index is -0.232. The van der Waals surface area contributed by atoms with E-state index in [0.717, 1.165) is 41.6 Å². The molecule has 25 heavy (non-hydrogen) atoms. The first-order valence-electron chi connectivity index (χ1n) is 8.47. The fraction of sp³-hybridized carbons (Fsp3) is 0.294. The average Bonchev–Trinajstić information content (AvgIpc) is 3.18. The molecule has 2 aromatic carbocycles. The second-order valence-electron chi connectivity index (χ2n) is 6.33.